The maximum atomic E-state index is 13.2. The topological polar surface area (TPSA) is 90.3 Å². The third kappa shape index (κ3) is 4.53. The van der Waals surface area contributed by atoms with Gasteiger partial charge in [-0.1, -0.05) is 29.8 Å². The number of amides is 1. The van der Waals surface area contributed by atoms with E-state index < -0.39 is 11.9 Å². The highest BCUT2D eigenvalue weighted by Gasteiger charge is 2.24. The molecule has 3 aromatic heterocycles. The molecule has 1 N–H and O–H groups in total. The number of nitrogens with one attached hydrogen (secondary N) is 1. The molecule has 0 radical (unpaired) electrons. The first-order chi connectivity index (χ1) is 17.0. The first-order valence-electron chi connectivity index (χ1n) is 11.6. The molecule has 1 amide bonds. The Kier molecular flexibility index (Phi) is 6.53. The van der Waals surface area contributed by atoms with Crippen molar-refractivity contribution >= 4 is 49.8 Å². The molecule has 0 unspecified atom stereocenters. The molecule has 7 nitrogen and oxygen atoms in total. The number of carbonyl (C=O) groups excluding carboxylic acids is 2. The summed E-state index contributed by atoms with van der Waals surface area (Å²) in [5.41, 5.74) is 3.90. The highest BCUT2D eigenvalue weighted by molar-refractivity contribution is 7.18. The first kappa shape index (κ1) is 23.4. The van der Waals surface area contributed by atoms with Gasteiger partial charge in [-0.25, -0.2) is 9.78 Å². The maximum Gasteiger partial charge on any atom is 0.341 e. The van der Waals surface area contributed by atoms with Crippen LogP contribution in [-0.4, -0.2) is 28.0 Å². The summed E-state index contributed by atoms with van der Waals surface area (Å²) in [7, 11) is 0. The Hall–Kier alpha value is -3.30. The quantitative estimate of drug-likeness (QED) is 0.363. The van der Waals surface area contributed by atoms with Crippen LogP contribution in [0.3, 0.4) is 0 Å². The summed E-state index contributed by atoms with van der Waals surface area (Å²) in [6.07, 6.45) is 5.48. The van der Waals surface area contributed by atoms with Gasteiger partial charge < -0.3 is 10.1 Å². The molecule has 5 rings (SSSR count). The fourth-order valence-corrected chi connectivity index (χ4v) is 6.61. The van der Waals surface area contributed by atoms with Crippen molar-refractivity contribution in [3.8, 4) is 11.1 Å². The average molecular weight is 508 g/mol. The van der Waals surface area contributed by atoms with Gasteiger partial charge >= 0.3 is 5.97 Å². The molecule has 1 aliphatic carbocycles. The number of ether oxygens (including phenoxy) is 1. The molecule has 0 spiro atoms. The van der Waals surface area contributed by atoms with Crippen molar-refractivity contribution in [3.63, 3.8) is 0 Å². The summed E-state index contributed by atoms with van der Waals surface area (Å²) in [6.45, 7) is 3.77. The number of rotatable bonds is 6. The van der Waals surface area contributed by atoms with Gasteiger partial charge in [0.1, 0.15) is 21.9 Å². The lowest BCUT2D eigenvalue weighted by Gasteiger charge is -2.11. The van der Waals surface area contributed by atoms with Crippen molar-refractivity contribution in [1.82, 2.24) is 9.55 Å². The summed E-state index contributed by atoms with van der Waals surface area (Å²) in [4.78, 5) is 45.4. The van der Waals surface area contributed by atoms with E-state index in [2.05, 4.69) is 10.3 Å². The van der Waals surface area contributed by atoms with E-state index in [-0.39, 0.29) is 18.7 Å². The monoisotopic (exact) mass is 507 g/mol. The number of hydrogen-bond acceptors (Lipinski definition) is 7. The van der Waals surface area contributed by atoms with E-state index in [1.54, 1.807) is 18.3 Å². The second-order valence-electron chi connectivity index (χ2n) is 8.56. The molecular formula is C26H25N3O4S2. The van der Waals surface area contributed by atoms with Crippen LogP contribution in [0.5, 0.6) is 0 Å². The van der Waals surface area contributed by atoms with Crippen LogP contribution in [-0.2, 0) is 28.9 Å². The minimum atomic E-state index is -0.496. The SMILES string of the molecule is CCOC(=O)c1c(-c2ccc(C)cc2)csc1NC(=O)Cn1cnc2sc3c(c2c1=O)CCCC3. The van der Waals surface area contributed by atoms with Crippen LogP contribution in [0.1, 0.15) is 46.1 Å². The van der Waals surface area contributed by atoms with Gasteiger partial charge in [0.25, 0.3) is 5.56 Å². The van der Waals surface area contributed by atoms with Crippen molar-refractivity contribution in [3.05, 3.63) is 67.9 Å². The van der Waals surface area contributed by atoms with Crippen LogP contribution in [0, 0.1) is 6.92 Å². The van der Waals surface area contributed by atoms with Crippen LogP contribution in [0.2, 0.25) is 0 Å². The highest BCUT2D eigenvalue weighted by atomic mass is 32.1. The van der Waals surface area contributed by atoms with Crippen LogP contribution in [0.15, 0.2) is 40.8 Å². The number of aromatic nitrogens is 2. The van der Waals surface area contributed by atoms with Crippen LogP contribution >= 0.6 is 22.7 Å². The fraction of sp³-hybridized carbons (Fsp3) is 0.308. The summed E-state index contributed by atoms with van der Waals surface area (Å²) >= 11 is 2.84. The Morgan fingerprint density at radius 2 is 1.94 bits per heavy atom. The summed E-state index contributed by atoms with van der Waals surface area (Å²) in [6, 6.07) is 7.82. The molecule has 0 fully saturated rings. The first-order valence-corrected chi connectivity index (χ1v) is 13.3. The lowest BCUT2D eigenvalue weighted by molar-refractivity contribution is -0.116. The largest absolute Gasteiger partial charge is 0.462 e. The van der Waals surface area contributed by atoms with E-state index in [1.165, 1.54) is 27.1 Å². The second-order valence-corrected chi connectivity index (χ2v) is 10.5. The Bertz CT molecular complexity index is 1480. The Morgan fingerprint density at radius 3 is 2.71 bits per heavy atom. The minimum absolute atomic E-state index is 0.188. The summed E-state index contributed by atoms with van der Waals surface area (Å²) in [5.74, 6) is -0.898. The van der Waals surface area contributed by atoms with Crippen LogP contribution < -0.4 is 10.9 Å². The zero-order chi connectivity index (χ0) is 24.5. The normalized spacial score (nSPS) is 13.0. The molecule has 0 bridgehead atoms. The predicted octanol–water partition coefficient (Wildman–Crippen LogP) is 5.19. The number of anilines is 1. The highest BCUT2D eigenvalue weighted by Crippen LogP contribution is 2.37. The van der Waals surface area contributed by atoms with E-state index in [0.29, 0.717) is 21.5 Å². The minimum Gasteiger partial charge on any atom is -0.462 e. The van der Waals surface area contributed by atoms with E-state index in [4.69, 9.17) is 4.74 Å². The Labute approximate surface area is 210 Å². The number of esters is 1. The van der Waals surface area contributed by atoms with Gasteiger partial charge in [-0.15, -0.1) is 22.7 Å². The molecule has 0 aliphatic heterocycles. The zero-order valence-corrected chi connectivity index (χ0v) is 21.2. The smallest absolute Gasteiger partial charge is 0.341 e. The van der Waals surface area contributed by atoms with Crippen molar-refractivity contribution in [2.75, 3.05) is 11.9 Å². The fourth-order valence-electron chi connectivity index (χ4n) is 4.42. The number of hydrogen-bond donors (Lipinski definition) is 1. The molecule has 4 aromatic rings. The van der Waals surface area contributed by atoms with Crippen molar-refractivity contribution in [2.45, 2.75) is 46.1 Å². The molecule has 0 atom stereocenters. The Balaban J connectivity index is 1.43. The molecule has 35 heavy (non-hydrogen) atoms. The molecule has 1 aromatic carbocycles. The molecular weight excluding hydrogens is 482 g/mol. The molecule has 0 saturated carbocycles. The number of fused-ring (bicyclic) bond motifs is 3. The van der Waals surface area contributed by atoms with Crippen molar-refractivity contribution < 1.29 is 14.3 Å². The van der Waals surface area contributed by atoms with E-state index in [1.807, 2.05) is 36.6 Å². The van der Waals surface area contributed by atoms with Crippen molar-refractivity contribution in [1.29, 1.82) is 0 Å². The molecule has 0 saturated heterocycles. The molecule has 9 heteroatoms. The number of benzene rings is 1. The summed E-state index contributed by atoms with van der Waals surface area (Å²) in [5, 5.41) is 5.71. The van der Waals surface area contributed by atoms with Gasteiger partial charge in [0.15, 0.2) is 0 Å². The van der Waals surface area contributed by atoms with Crippen LogP contribution in [0.25, 0.3) is 21.3 Å². The van der Waals surface area contributed by atoms with E-state index in [9.17, 15) is 14.4 Å². The van der Waals surface area contributed by atoms with Gasteiger partial charge in [-0.2, -0.15) is 0 Å². The van der Waals surface area contributed by atoms with Gasteiger partial charge in [-0.05, 0) is 50.7 Å². The molecule has 1 aliphatic rings. The standard InChI is InChI=1S/C26H25N3O4S2/c1-3-33-26(32)22-18(16-10-8-15(2)9-11-16)13-34-24(22)28-20(30)12-29-14-27-23-21(25(29)31)17-6-4-5-7-19(17)35-23/h8-11,13-14H,3-7,12H2,1-2H3,(H,28,30). The zero-order valence-electron chi connectivity index (χ0n) is 19.6. The summed E-state index contributed by atoms with van der Waals surface area (Å²) < 4.78 is 6.62. The number of nitrogens with zero attached hydrogens (tertiary/aromatic N) is 2. The molecule has 3 heterocycles. The average Bonchev–Trinajstić information content (AvgIpc) is 3.43. The lowest BCUT2D eigenvalue weighted by Crippen LogP contribution is -2.28. The number of carbonyl (C=O) groups is 2. The van der Waals surface area contributed by atoms with Gasteiger partial charge in [0, 0.05) is 15.8 Å². The van der Waals surface area contributed by atoms with Gasteiger partial charge in [-0.3, -0.25) is 14.2 Å². The van der Waals surface area contributed by atoms with E-state index >= 15 is 0 Å². The number of aryl methyl sites for hydroxylation is 3. The van der Waals surface area contributed by atoms with Crippen molar-refractivity contribution in [2.24, 2.45) is 0 Å². The van der Waals surface area contributed by atoms with Crippen LogP contribution in [0.4, 0.5) is 5.00 Å². The van der Waals surface area contributed by atoms with E-state index in [0.717, 1.165) is 47.2 Å². The van der Waals surface area contributed by atoms with Gasteiger partial charge in [0.05, 0.1) is 18.3 Å². The third-order valence-electron chi connectivity index (χ3n) is 6.14. The lowest BCUT2D eigenvalue weighted by atomic mass is 9.97. The molecule has 180 valence electrons. The maximum absolute atomic E-state index is 13.2. The second kappa shape index (κ2) is 9.75. The predicted molar refractivity (Wildman–Crippen MR) is 140 cm³/mol. The Morgan fingerprint density at radius 1 is 1.17 bits per heavy atom. The number of thiophene rings is 2. The van der Waals surface area contributed by atoms with Gasteiger partial charge in [0.2, 0.25) is 5.91 Å². The third-order valence-corrected chi connectivity index (χ3v) is 8.24.